The molecule has 1 saturated heterocycles. The summed E-state index contributed by atoms with van der Waals surface area (Å²) in [4.78, 5) is 0. The lowest BCUT2D eigenvalue weighted by molar-refractivity contribution is -0.0124. The third kappa shape index (κ3) is 1.21. The molecule has 0 aromatic carbocycles. The molecule has 6 heteroatoms. The molecule has 54 valence electrons. The van der Waals surface area contributed by atoms with Crippen LogP contribution >= 0.6 is 0 Å². The largest absolute Gasteiger partial charge is 0.377 e. The summed E-state index contributed by atoms with van der Waals surface area (Å²) in [6.07, 6.45) is -0.406. The van der Waals surface area contributed by atoms with Gasteiger partial charge in [0.1, 0.15) is 6.23 Å². The van der Waals surface area contributed by atoms with E-state index in [0.717, 1.165) is 4.31 Å². The molecule has 3 N–H and O–H groups in total. The molecular formula is C3H8N2O3S. The zero-order valence-corrected chi connectivity index (χ0v) is 5.50. The van der Waals surface area contributed by atoms with Crippen molar-refractivity contribution in [2.45, 2.75) is 12.6 Å². The molecule has 0 aromatic rings. The van der Waals surface area contributed by atoms with Crippen molar-refractivity contribution in [1.82, 2.24) is 4.31 Å². The molecule has 1 atom stereocenters. The predicted octanol–water partition coefficient (Wildman–Crippen LogP) is -1.79. The average Bonchev–Trinajstić information content (AvgIpc) is 1.57. The van der Waals surface area contributed by atoms with Crippen molar-refractivity contribution < 1.29 is 13.5 Å². The van der Waals surface area contributed by atoms with E-state index in [1.165, 1.54) is 0 Å². The third-order valence-corrected chi connectivity index (χ3v) is 2.35. The van der Waals surface area contributed by atoms with Crippen LogP contribution in [0.4, 0.5) is 0 Å². The van der Waals surface area contributed by atoms with Crippen LogP contribution in [0.15, 0.2) is 0 Å². The van der Waals surface area contributed by atoms with E-state index >= 15 is 0 Å². The van der Waals surface area contributed by atoms with E-state index in [-0.39, 0.29) is 0 Å². The van der Waals surface area contributed by atoms with E-state index < -0.39 is 16.4 Å². The molecule has 0 radical (unpaired) electrons. The molecule has 1 rings (SSSR count). The lowest BCUT2D eigenvalue weighted by Crippen LogP contribution is -2.53. The monoisotopic (exact) mass is 152 g/mol. The first-order valence-electron chi connectivity index (χ1n) is 2.49. The molecule has 0 aromatic heterocycles. The van der Waals surface area contributed by atoms with Gasteiger partial charge in [-0.2, -0.15) is 12.7 Å². The molecule has 0 aliphatic carbocycles. The zero-order chi connectivity index (χ0) is 7.07. The summed E-state index contributed by atoms with van der Waals surface area (Å²) in [7, 11) is -3.63. The van der Waals surface area contributed by atoms with Crippen molar-refractivity contribution >= 4 is 10.2 Å². The maximum atomic E-state index is 10.4. The van der Waals surface area contributed by atoms with Crippen LogP contribution in [0.3, 0.4) is 0 Å². The van der Waals surface area contributed by atoms with Crippen LogP contribution in [0.25, 0.3) is 0 Å². The number of hydrogen-bond donors (Lipinski definition) is 2. The van der Waals surface area contributed by atoms with E-state index in [2.05, 4.69) is 5.14 Å². The first-order chi connectivity index (χ1) is 4.02. The summed E-state index contributed by atoms with van der Waals surface area (Å²) in [6, 6.07) is 0. The van der Waals surface area contributed by atoms with Gasteiger partial charge in [-0.05, 0) is 0 Å². The maximum Gasteiger partial charge on any atom is 0.279 e. The van der Waals surface area contributed by atoms with Crippen LogP contribution in [0.1, 0.15) is 6.42 Å². The summed E-state index contributed by atoms with van der Waals surface area (Å²) in [6.45, 7) is 0.333. The van der Waals surface area contributed by atoms with Crippen LogP contribution in [-0.4, -0.2) is 30.6 Å². The number of rotatable bonds is 1. The molecule has 1 unspecified atom stereocenters. The van der Waals surface area contributed by atoms with Gasteiger partial charge in [0, 0.05) is 13.0 Å². The standard InChI is InChI=1S/C3H8N2O3S/c4-9(7,8)5-2-1-3(5)6/h3,6H,1-2H2,(H2,4,7,8). The first kappa shape index (κ1) is 6.94. The predicted molar refractivity (Wildman–Crippen MR) is 30.4 cm³/mol. The second-order valence-electron chi connectivity index (χ2n) is 1.92. The first-order valence-corrected chi connectivity index (χ1v) is 4.00. The molecule has 0 spiro atoms. The van der Waals surface area contributed by atoms with Gasteiger partial charge in [-0.15, -0.1) is 0 Å². The minimum atomic E-state index is -3.63. The maximum absolute atomic E-state index is 10.4. The van der Waals surface area contributed by atoms with E-state index in [1.54, 1.807) is 0 Å². The molecule has 1 aliphatic heterocycles. The fourth-order valence-corrected chi connectivity index (χ4v) is 1.45. The smallest absolute Gasteiger partial charge is 0.279 e. The van der Waals surface area contributed by atoms with Gasteiger partial charge in [-0.1, -0.05) is 0 Å². The van der Waals surface area contributed by atoms with Crippen LogP contribution in [0, 0.1) is 0 Å². The van der Waals surface area contributed by atoms with Gasteiger partial charge in [-0.25, -0.2) is 5.14 Å². The summed E-state index contributed by atoms with van der Waals surface area (Å²) in [5.41, 5.74) is 0. The number of nitrogens with two attached hydrogens (primary N) is 1. The number of aliphatic hydroxyl groups excluding tert-OH is 1. The topological polar surface area (TPSA) is 83.6 Å². The van der Waals surface area contributed by atoms with Crippen molar-refractivity contribution in [2.24, 2.45) is 5.14 Å². The van der Waals surface area contributed by atoms with Crippen LogP contribution < -0.4 is 5.14 Å². The molecule has 1 aliphatic rings. The van der Waals surface area contributed by atoms with Gasteiger partial charge in [0.25, 0.3) is 10.2 Å². The van der Waals surface area contributed by atoms with E-state index in [0.29, 0.717) is 13.0 Å². The Morgan fingerprint density at radius 2 is 2.22 bits per heavy atom. The highest BCUT2D eigenvalue weighted by Crippen LogP contribution is 2.15. The second kappa shape index (κ2) is 1.91. The van der Waals surface area contributed by atoms with Crippen LogP contribution in [0.2, 0.25) is 0 Å². The van der Waals surface area contributed by atoms with Crippen LogP contribution in [-0.2, 0) is 10.2 Å². The molecule has 0 bridgehead atoms. The molecule has 1 heterocycles. The Morgan fingerprint density at radius 1 is 1.67 bits per heavy atom. The van der Waals surface area contributed by atoms with E-state index in [9.17, 15) is 8.42 Å². The minimum absolute atomic E-state index is 0.333. The summed E-state index contributed by atoms with van der Waals surface area (Å²) >= 11 is 0. The number of nitrogens with zero attached hydrogens (tertiary/aromatic N) is 1. The normalized spacial score (nSPS) is 29.8. The summed E-state index contributed by atoms with van der Waals surface area (Å²) in [5, 5.41) is 13.4. The van der Waals surface area contributed by atoms with Crippen molar-refractivity contribution in [3.05, 3.63) is 0 Å². The van der Waals surface area contributed by atoms with Crippen molar-refractivity contribution in [2.75, 3.05) is 6.54 Å². The van der Waals surface area contributed by atoms with Gasteiger partial charge in [-0.3, -0.25) is 0 Å². The van der Waals surface area contributed by atoms with Gasteiger partial charge < -0.3 is 5.11 Å². The fourth-order valence-electron chi connectivity index (χ4n) is 0.647. The highest BCUT2D eigenvalue weighted by atomic mass is 32.2. The summed E-state index contributed by atoms with van der Waals surface area (Å²) < 4.78 is 21.6. The molecule has 9 heavy (non-hydrogen) atoms. The Balaban J connectivity index is 2.66. The van der Waals surface area contributed by atoms with Gasteiger partial charge in [0.05, 0.1) is 0 Å². The lowest BCUT2D eigenvalue weighted by Gasteiger charge is -2.33. The Morgan fingerprint density at radius 3 is 2.22 bits per heavy atom. The molecule has 5 nitrogen and oxygen atoms in total. The third-order valence-electron chi connectivity index (χ3n) is 1.27. The number of hydrogen-bond acceptors (Lipinski definition) is 3. The number of aliphatic hydroxyl groups is 1. The Hall–Kier alpha value is -0.170. The van der Waals surface area contributed by atoms with Gasteiger partial charge in [0.2, 0.25) is 0 Å². The second-order valence-corrected chi connectivity index (χ2v) is 3.42. The Bertz CT molecular complexity index is 199. The molecule has 0 amide bonds. The van der Waals surface area contributed by atoms with Gasteiger partial charge >= 0.3 is 0 Å². The molecule has 0 saturated carbocycles. The molecule has 1 fully saturated rings. The lowest BCUT2D eigenvalue weighted by atomic mass is 10.2. The van der Waals surface area contributed by atoms with Gasteiger partial charge in [0.15, 0.2) is 0 Å². The van der Waals surface area contributed by atoms with E-state index in [1.807, 2.05) is 0 Å². The van der Waals surface area contributed by atoms with Crippen LogP contribution in [0.5, 0.6) is 0 Å². The van der Waals surface area contributed by atoms with Crippen molar-refractivity contribution in [3.63, 3.8) is 0 Å². The Kier molecular flexibility index (Phi) is 1.47. The highest BCUT2D eigenvalue weighted by Gasteiger charge is 2.33. The summed E-state index contributed by atoms with van der Waals surface area (Å²) in [5.74, 6) is 0. The SMILES string of the molecule is NS(=O)(=O)N1CCC1O. The fraction of sp³-hybridized carbons (Fsp3) is 1.00. The minimum Gasteiger partial charge on any atom is -0.377 e. The van der Waals surface area contributed by atoms with E-state index in [4.69, 9.17) is 5.11 Å². The highest BCUT2D eigenvalue weighted by molar-refractivity contribution is 7.86. The molecular weight excluding hydrogens is 144 g/mol. The Labute approximate surface area is 53.3 Å². The van der Waals surface area contributed by atoms with Crippen molar-refractivity contribution in [3.8, 4) is 0 Å². The van der Waals surface area contributed by atoms with Crippen molar-refractivity contribution in [1.29, 1.82) is 0 Å². The zero-order valence-electron chi connectivity index (χ0n) is 4.69. The quantitative estimate of drug-likeness (QED) is 0.465. The average molecular weight is 152 g/mol.